The summed E-state index contributed by atoms with van der Waals surface area (Å²) >= 11 is 12.1. The largest absolute Gasteiger partial charge is 0.479 e. The second-order valence-corrected chi connectivity index (χ2v) is 6.06. The van der Waals surface area contributed by atoms with Gasteiger partial charge >= 0.3 is 5.97 Å². The molecule has 7 heteroatoms. The lowest BCUT2D eigenvalue weighted by molar-refractivity contribution is -0.155. The highest BCUT2D eigenvalue weighted by atomic mass is 35.5. The molecule has 0 bridgehead atoms. The first-order valence-corrected chi connectivity index (χ1v) is 8.33. The Bertz CT molecular complexity index is 717. The maximum atomic E-state index is 12.2. The predicted molar refractivity (Wildman–Crippen MR) is 97.5 cm³/mol. The van der Waals surface area contributed by atoms with Gasteiger partial charge in [0, 0.05) is 13.0 Å². The highest BCUT2D eigenvalue weighted by Crippen LogP contribution is 2.29. The Labute approximate surface area is 155 Å². The van der Waals surface area contributed by atoms with Crippen LogP contribution in [0.5, 0.6) is 0 Å². The lowest BCUT2D eigenvalue weighted by Crippen LogP contribution is -2.35. The molecule has 0 saturated heterocycles. The molecule has 0 aromatic heterocycles. The molecule has 0 aliphatic carbocycles. The van der Waals surface area contributed by atoms with E-state index in [1.165, 1.54) is 0 Å². The number of halogens is 2. The zero-order chi connectivity index (χ0) is 18.2. The molecule has 25 heavy (non-hydrogen) atoms. The fraction of sp³-hybridized carbons (Fsp3) is 0.222. The number of carbonyl (C=O) groups excluding carboxylic acids is 1. The van der Waals surface area contributed by atoms with Crippen molar-refractivity contribution >= 4 is 40.6 Å². The third-order valence-electron chi connectivity index (χ3n) is 3.39. The number of carbonyl (C=O) groups is 2. The highest BCUT2D eigenvalue weighted by molar-refractivity contribution is 6.39. The van der Waals surface area contributed by atoms with Gasteiger partial charge in [0.1, 0.15) is 0 Å². The van der Waals surface area contributed by atoms with Crippen molar-refractivity contribution in [3.8, 4) is 0 Å². The SMILES string of the molecule is O=C(O)C(OCCNc1c(Cl)cccc1Cl)C(=O)Cc1ccccc1. The van der Waals surface area contributed by atoms with Gasteiger partial charge in [-0.1, -0.05) is 59.6 Å². The van der Waals surface area contributed by atoms with Gasteiger partial charge in [-0.25, -0.2) is 4.79 Å². The van der Waals surface area contributed by atoms with Gasteiger partial charge in [-0.2, -0.15) is 0 Å². The number of benzene rings is 2. The van der Waals surface area contributed by atoms with Crippen molar-refractivity contribution in [2.24, 2.45) is 0 Å². The van der Waals surface area contributed by atoms with Gasteiger partial charge in [-0.3, -0.25) is 4.79 Å². The van der Waals surface area contributed by atoms with Crippen LogP contribution in [0.3, 0.4) is 0 Å². The van der Waals surface area contributed by atoms with Crippen molar-refractivity contribution in [3.05, 3.63) is 64.1 Å². The fourth-order valence-corrected chi connectivity index (χ4v) is 2.74. The Morgan fingerprint density at radius 3 is 2.28 bits per heavy atom. The van der Waals surface area contributed by atoms with E-state index in [9.17, 15) is 14.7 Å². The van der Waals surface area contributed by atoms with Crippen LogP contribution in [0.1, 0.15) is 5.56 Å². The predicted octanol–water partition coefficient (Wildman–Crippen LogP) is 3.69. The minimum Gasteiger partial charge on any atom is -0.479 e. The number of nitrogens with one attached hydrogen (secondary N) is 1. The Hall–Kier alpha value is -2.08. The van der Waals surface area contributed by atoms with Crippen LogP contribution >= 0.6 is 23.2 Å². The summed E-state index contributed by atoms with van der Waals surface area (Å²) < 4.78 is 5.24. The molecular weight excluding hydrogens is 365 g/mol. The van der Waals surface area contributed by atoms with E-state index in [4.69, 9.17) is 27.9 Å². The average Bonchev–Trinajstić information content (AvgIpc) is 2.57. The van der Waals surface area contributed by atoms with Gasteiger partial charge in [0.05, 0.1) is 22.3 Å². The first kappa shape index (κ1) is 19.2. The van der Waals surface area contributed by atoms with E-state index in [1.807, 2.05) is 6.07 Å². The van der Waals surface area contributed by atoms with E-state index in [0.29, 0.717) is 15.7 Å². The zero-order valence-corrected chi connectivity index (χ0v) is 14.8. The van der Waals surface area contributed by atoms with Crippen LogP contribution in [0.4, 0.5) is 5.69 Å². The van der Waals surface area contributed by atoms with Gasteiger partial charge in [-0.15, -0.1) is 0 Å². The van der Waals surface area contributed by atoms with E-state index in [2.05, 4.69) is 5.32 Å². The normalized spacial score (nSPS) is 11.8. The molecule has 2 aromatic carbocycles. The van der Waals surface area contributed by atoms with Crippen LogP contribution < -0.4 is 5.32 Å². The molecule has 1 atom stereocenters. The summed E-state index contributed by atoms with van der Waals surface area (Å²) in [5.74, 6) is -1.81. The molecule has 0 aliphatic heterocycles. The molecule has 132 valence electrons. The number of rotatable bonds is 9. The quantitative estimate of drug-likeness (QED) is 0.511. The molecule has 2 rings (SSSR count). The van der Waals surface area contributed by atoms with Crippen LogP contribution in [-0.4, -0.2) is 36.1 Å². The summed E-state index contributed by atoms with van der Waals surface area (Å²) in [6.45, 7) is 0.269. The van der Waals surface area contributed by atoms with Gasteiger partial charge in [0.25, 0.3) is 0 Å². The fourth-order valence-electron chi connectivity index (χ4n) is 2.21. The topological polar surface area (TPSA) is 75.6 Å². The van der Waals surface area contributed by atoms with Crippen molar-refractivity contribution in [2.75, 3.05) is 18.5 Å². The summed E-state index contributed by atoms with van der Waals surface area (Å²) in [6, 6.07) is 14.0. The molecule has 0 spiro atoms. The summed E-state index contributed by atoms with van der Waals surface area (Å²) in [5, 5.41) is 13.1. The van der Waals surface area contributed by atoms with Gasteiger partial charge in [0.2, 0.25) is 6.10 Å². The van der Waals surface area contributed by atoms with Gasteiger partial charge in [0.15, 0.2) is 5.78 Å². The van der Waals surface area contributed by atoms with E-state index >= 15 is 0 Å². The smallest absolute Gasteiger partial charge is 0.340 e. The molecule has 0 amide bonds. The molecular formula is C18H17Cl2NO4. The van der Waals surface area contributed by atoms with Crippen molar-refractivity contribution in [3.63, 3.8) is 0 Å². The number of aliphatic carboxylic acids is 1. The van der Waals surface area contributed by atoms with Crippen LogP contribution in [0.2, 0.25) is 10.0 Å². The van der Waals surface area contributed by atoms with E-state index in [0.717, 1.165) is 5.56 Å². The standard InChI is InChI=1S/C18H17Cl2NO4/c19-13-7-4-8-14(20)16(13)21-9-10-25-17(18(23)24)15(22)11-12-5-2-1-3-6-12/h1-8,17,21H,9-11H2,(H,23,24). The Balaban J connectivity index is 1.87. The number of ether oxygens (including phenoxy) is 1. The monoisotopic (exact) mass is 381 g/mol. The van der Waals surface area contributed by atoms with E-state index in [-0.39, 0.29) is 19.6 Å². The van der Waals surface area contributed by atoms with Crippen LogP contribution in [0, 0.1) is 0 Å². The van der Waals surface area contributed by atoms with Crippen molar-refractivity contribution < 1.29 is 19.4 Å². The molecule has 1 unspecified atom stereocenters. The number of anilines is 1. The number of carboxylic acids is 1. The molecule has 0 fully saturated rings. The average molecular weight is 382 g/mol. The minimum atomic E-state index is -1.51. The summed E-state index contributed by atoms with van der Waals surface area (Å²) in [5.41, 5.74) is 1.28. The van der Waals surface area contributed by atoms with E-state index < -0.39 is 17.9 Å². The maximum absolute atomic E-state index is 12.2. The minimum absolute atomic E-state index is 0.00156. The Kier molecular flexibility index (Phi) is 7.25. The molecule has 2 aromatic rings. The molecule has 0 saturated carbocycles. The first-order chi connectivity index (χ1) is 12.0. The van der Waals surface area contributed by atoms with Gasteiger partial charge < -0.3 is 15.2 Å². The molecule has 5 nitrogen and oxygen atoms in total. The molecule has 0 heterocycles. The van der Waals surface area contributed by atoms with Crippen LogP contribution in [0.15, 0.2) is 48.5 Å². The third-order valence-corrected chi connectivity index (χ3v) is 4.02. The lowest BCUT2D eigenvalue weighted by atomic mass is 10.1. The second kappa shape index (κ2) is 9.42. The first-order valence-electron chi connectivity index (χ1n) is 7.58. The summed E-state index contributed by atoms with van der Waals surface area (Å²) in [6.07, 6.45) is -1.51. The number of hydrogen-bond donors (Lipinski definition) is 2. The Morgan fingerprint density at radius 1 is 1.04 bits per heavy atom. The third kappa shape index (κ3) is 5.74. The van der Waals surface area contributed by atoms with Crippen molar-refractivity contribution in [2.45, 2.75) is 12.5 Å². The number of hydrogen-bond acceptors (Lipinski definition) is 4. The highest BCUT2D eigenvalue weighted by Gasteiger charge is 2.26. The molecule has 0 aliphatic rings. The number of carboxylic acid groups (broad SMARTS) is 1. The number of para-hydroxylation sites is 1. The summed E-state index contributed by atoms with van der Waals surface area (Å²) in [7, 11) is 0. The Morgan fingerprint density at radius 2 is 1.68 bits per heavy atom. The van der Waals surface area contributed by atoms with Crippen molar-refractivity contribution in [1.82, 2.24) is 0 Å². The van der Waals surface area contributed by atoms with Crippen LogP contribution in [-0.2, 0) is 20.7 Å². The molecule has 2 N–H and O–H groups in total. The number of ketones is 1. The van der Waals surface area contributed by atoms with Gasteiger partial charge in [-0.05, 0) is 17.7 Å². The second-order valence-electron chi connectivity index (χ2n) is 5.24. The van der Waals surface area contributed by atoms with Crippen molar-refractivity contribution in [1.29, 1.82) is 0 Å². The zero-order valence-electron chi connectivity index (χ0n) is 13.2. The maximum Gasteiger partial charge on any atom is 0.340 e. The van der Waals surface area contributed by atoms with Crippen LogP contribution in [0.25, 0.3) is 0 Å². The number of Topliss-reactive ketones (excluding diaryl/α,β-unsaturated/α-hetero) is 1. The lowest BCUT2D eigenvalue weighted by Gasteiger charge is -2.14. The van der Waals surface area contributed by atoms with E-state index in [1.54, 1.807) is 42.5 Å². The summed E-state index contributed by atoms with van der Waals surface area (Å²) in [4.78, 5) is 23.5. The molecule has 0 radical (unpaired) electrons.